The molecule has 0 bridgehead atoms. The topological polar surface area (TPSA) is 62.3 Å². The van der Waals surface area contributed by atoms with Crippen LogP contribution in [-0.2, 0) is 10.0 Å². The summed E-state index contributed by atoms with van der Waals surface area (Å²) in [5.74, 6) is 0.907. The first kappa shape index (κ1) is 16.9. The van der Waals surface area contributed by atoms with Crippen LogP contribution in [0.4, 0.5) is 5.82 Å². The molecule has 0 radical (unpaired) electrons. The molecule has 0 atom stereocenters. The van der Waals surface area contributed by atoms with E-state index in [1.54, 1.807) is 25.4 Å². The fourth-order valence-corrected chi connectivity index (χ4v) is 3.00. The zero-order valence-corrected chi connectivity index (χ0v) is 13.6. The maximum atomic E-state index is 12.6. The van der Waals surface area contributed by atoms with Crippen LogP contribution in [0.25, 0.3) is 0 Å². The second-order valence-corrected chi connectivity index (χ2v) is 7.30. The van der Waals surface area contributed by atoms with E-state index in [1.165, 1.54) is 4.31 Å². The molecule has 0 aromatic carbocycles. The van der Waals surface area contributed by atoms with Crippen molar-refractivity contribution in [2.24, 2.45) is 5.92 Å². The minimum absolute atomic E-state index is 0.250. The summed E-state index contributed by atoms with van der Waals surface area (Å²) in [6.07, 6.45) is 3.36. The van der Waals surface area contributed by atoms with Crippen molar-refractivity contribution in [2.45, 2.75) is 38.5 Å². The normalized spacial score (nSPS) is 12.1. The van der Waals surface area contributed by atoms with Gasteiger partial charge in [0.25, 0.3) is 0 Å². The van der Waals surface area contributed by atoms with E-state index >= 15 is 0 Å². The Labute approximate surface area is 122 Å². The van der Waals surface area contributed by atoms with Gasteiger partial charge in [-0.3, -0.25) is 0 Å². The van der Waals surface area contributed by atoms with Gasteiger partial charge in [-0.25, -0.2) is 17.7 Å². The van der Waals surface area contributed by atoms with Gasteiger partial charge >= 0.3 is 0 Å². The number of pyridine rings is 1. The van der Waals surface area contributed by atoms with E-state index in [9.17, 15) is 8.42 Å². The lowest BCUT2D eigenvalue weighted by Crippen LogP contribution is -2.29. The van der Waals surface area contributed by atoms with Crippen molar-refractivity contribution >= 4 is 15.8 Å². The van der Waals surface area contributed by atoms with Crippen LogP contribution in [0.15, 0.2) is 23.2 Å². The molecule has 6 heteroatoms. The average molecular weight is 299 g/mol. The second-order valence-electron chi connectivity index (χ2n) is 5.29. The number of hydrogen-bond acceptors (Lipinski definition) is 4. The van der Waals surface area contributed by atoms with Crippen LogP contribution in [0.5, 0.6) is 0 Å². The van der Waals surface area contributed by atoms with Crippen molar-refractivity contribution in [1.82, 2.24) is 9.29 Å². The van der Waals surface area contributed by atoms with E-state index in [0.717, 1.165) is 12.8 Å². The summed E-state index contributed by atoms with van der Waals surface area (Å²) in [4.78, 5) is 4.39. The van der Waals surface area contributed by atoms with E-state index in [-0.39, 0.29) is 4.90 Å². The Balaban J connectivity index is 2.96. The molecule has 5 nitrogen and oxygen atoms in total. The van der Waals surface area contributed by atoms with E-state index in [2.05, 4.69) is 24.1 Å². The largest absolute Gasteiger partial charge is 0.369 e. The molecule has 1 rings (SSSR count). The van der Waals surface area contributed by atoms with Gasteiger partial charge in [0.05, 0.1) is 0 Å². The predicted molar refractivity (Wildman–Crippen MR) is 82.3 cm³/mol. The van der Waals surface area contributed by atoms with Crippen molar-refractivity contribution < 1.29 is 8.42 Å². The van der Waals surface area contributed by atoms with Gasteiger partial charge in [0.2, 0.25) is 10.0 Å². The van der Waals surface area contributed by atoms with Crippen molar-refractivity contribution in [1.29, 1.82) is 0 Å². The van der Waals surface area contributed by atoms with Crippen LogP contribution in [-0.4, -0.2) is 37.8 Å². The Hall–Kier alpha value is -1.14. The molecule has 1 aromatic rings. The first-order valence-corrected chi connectivity index (χ1v) is 8.48. The molecule has 0 aliphatic rings. The standard InChI is InChI=1S/C14H25N3O2S/c1-5-9-15-14-13(7-6-10-16-14)20(18,19)17(4)11-8-12(2)3/h6-7,10,12H,5,8-9,11H2,1-4H3,(H,15,16). The maximum absolute atomic E-state index is 12.6. The van der Waals surface area contributed by atoms with Gasteiger partial charge in [0, 0.05) is 26.3 Å². The minimum Gasteiger partial charge on any atom is -0.369 e. The van der Waals surface area contributed by atoms with Crippen LogP contribution in [0.2, 0.25) is 0 Å². The number of rotatable bonds is 8. The van der Waals surface area contributed by atoms with Crippen molar-refractivity contribution in [2.75, 3.05) is 25.5 Å². The third-order valence-corrected chi connectivity index (χ3v) is 4.91. The molecule has 0 saturated heterocycles. The summed E-state index contributed by atoms with van der Waals surface area (Å²) in [7, 11) is -1.87. The zero-order valence-electron chi connectivity index (χ0n) is 12.8. The van der Waals surface area contributed by atoms with E-state index < -0.39 is 10.0 Å². The molecule has 0 aliphatic heterocycles. The summed E-state index contributed by atoms with van der Waals surface area (Å²) < 4.78 is 26.6. The Morgan fingerprint density at radius 3 is 2.70 bits per heavy atom. The molecule has 1 aromatic heterocycles. The summed E-state index contributed by atoms with van der Waals surface area (Å²) in [5.41, 5.74) is 0. The third-order valence-electron chi connectivity index (χ3n) is 3.02. The Morgan fingerprint density at radius 2 is 2.10 bits per heavy atom. The van der Waals surface area contributed by atoms with E-state index in [1.807, 2.05) is 6.92 Å². The van der Waals surface area contributed by atoms with Gasteiger partial charge in [0.1, 0.15) is 10.7 Å². The highest BCUT2D eigenvalue weighted by Gasteiger charge is 2.24. The first-order chi connectivity index (χ1) is 9.39. The molecule has 1 heterocycles. The molecule has 0 aliphatic carbocycles. The van der Waals surface area contributed by atoms with E-state index in [0.29, 0.717) is 24.8 Å². The van der Waals surface area contributed by atoms with Gasteiger partial charge in [-0.15, -0.1) is 0 Å². The lowest BCUT2D eigenvalue weighted by Gasteiger charge is -2.19. The minimum atomic E-state index is -3.49. The number of hydrogen-bond donors (Lipinski definition) is 1. The van der Waals surface area contributed by atoms with Crippen molar-refractivity contribution in [3.63, 3.8) is 0 Å². The van der Waals surface area contributed by atoms with Crippen molar-refractivity contribution in [3.05, 3.63) is 18.3 Å². The Bertz CT molecular complexity index is 515. The number of sulfonamides is 1. The molecular formula is C14H25N3O2S. The van der Waals surface area contributed by atoms with Crippen LogP contribution in [0.3, 0.4) is 0 Å². The van der Waals surface area contributed by atoms with E-state index in [4.69, 9.17) is 0 Å². The van der Waals surface area contributed by atoms with Gasteiger partial charge in [0.15, 0.2) is 0 Å². The molecule has 0 amide bonds. The third kappa shape index (κ3) is 4.45. The smallest absolute Gasteiger partial charge is 0.246 e. The lowest BCUT2D eigenvalue weighted by atomic mass is 10.1. The van der Waals surface area contributed by atoms with Crippen LogP contribution in [0, 0.1) is 5.92 Å². The monoisotopic (exact) mass is 299 g/mol. The fraction of sp³-hybridized carbons (Fsp3) is 0.643. The maximum Gasteiger partial charge on any atom is 0.246 e. The average Bonchev–Trinajstić information content (AvgIpc) is 2.42. The molecule has 0 saturated carbocycles. The summed E-state index contributed by atoms with van der Waals surface area (Å²) >= 11 is 0. The Kier molecular flexibility index (Phi) is 6.42. The molecule has 0 spiro atoms. The summed E-state index contributed by atoms with van der Waals surface area (Å²) in [6.45, 7) is 7.41. The van der Waals surface area contributed by atoms with Gasteiger partial charge in [-0.2, -0.15) is 0 Å². The van der Waals surface area contributed by atoms with Crippen LogP contribution in [0.1, 0.15) is 33.6 Å². The van der Waals surface area contributed by atoms with Gasteiger partial charge < -0.3 is 5.32 Å². The second kappa shape index (κ2) is 7.59. The molecular weight excluding hydrogens is 274 g/mol. The highest BCUT2D eigenvalue weighted by Crippen LogP contribution is 2.22. The first-order valence-electron chi connectivity index (χ1n) is 7.04. The van der Waals surface area contributed by atoms with Gasteiger partial charge in [-0.05, 0) is 30.9 Å². The van der Waals surface area contributed by atoms with Crippen molar-refractivity contribution in [3.8, 4) is 0 Å². The quantitative estimate of drug-likeness (QED) is 0.801. The number of aromatic nitrogens is 1. The van der Waals surface area contributed by atoms with Crippen LogP contribution >= 0.6 is 0 Å². The predicted octanol–water partition coefficient (Wildman–Crippen LogP) is 2.57. The van der Waals surface area contributed by atoms with Crippen LogP contribution < -0.4 is 5.32 Å². The highest BCUT2D eigenvalue weighted by molar-refractivity contribution is 7.89. The number of nitrogens with zero attached hydrogens (tertiary/aromatic N) is 2. The molecule has 20 heavy (non-hydrogen) atoms. The molecule has 0 fully saturated rings. The van der Waals surface area contributed by atoms with Gasteiger partial charge in [-0.1, -0.05) is 20.8 Å². The summed E-state index contributed by atoms with van der Waals surface area (Å²) in [5, 5.41) is 3.07. The molecule has 0 unspecified atom stereocenters. The fourth-order valence-electron chi connectivity index (χ4n) is 1.70. The number of nitrogens with one attached hydrogen (secondary N) is 1. The number of anilines is 1. The zero-order chi connectivity index (χ0) is 15.2. The molecule has 1 N–H and O–H groups in total. The lowest BCUT2D eigenvalue weighted by molar-refractivity contribution is 0.428. The molecule has 114 valence electrons. The summed E-state index contributed by atoms with van der Waals surface area (Å²) in [6, 6.07) is 3.26. The Morgan fingerprint density at radius 1 is 1.40 bits per heavy atom. The SMILES string of the molecule is CCCNc1ncccc1S(=O)(=O)N(C)CCC(C)C. The highest BCUT2D eigenvalue weighted by atomic mass is 32.2.